The molecule has 1 rings (SSSR count). The number of carbonyl (C=O) groups excluding carboxylic acids is 1. The van der Waals surface area contributed by atoms with Crippen LogP contribution in [0.2, 0.25) is 0 Å². The van der Waals surface area contributed by atoms with Gasteiger partial charge in [0.05, 0.1) is 13.2 Å². The van der Waals surface area contributed by atoms with Crippen molar-refractivity contribution in [3.63, 3.8) is 0 Å². The van der Waals surface area contributed by atoms with Gasteiger partial charge in [0.15, 0.2) is 0 Å². The van der Waals surface area contributed by atoms with Crippen molar-refractivity contribution in [3.05, 3.63) is 0 Å². The van der Waals surface area contributed by atoms with Crippen molar-refractivity contribution >= 4 is 16.8 Å². The predicted octanol–water partition coefficient (Wildman–Crippen LogP) is 0.863. The fraction of sp³-hybridized carbons (Fsp3) is 0.875. The Morgan fingerprint density at radius 3 is 3.08 bits per heavy atom. The lowest BCUT2D eigenvalue weighted by Crippen LogP contribution is -2.35. The van der Waals surface area contributed by atoms with E-state index < -0.39 is 0 Å². The molecule has 1 atom stereocenters. The standard InChI is InChI=1S/C8H14ClNO2/c1-12-6-7-3-2-4-10(7)5-8(9)11/h7H,2-6H2,1H3. The molecule has 12 heavy (non-hydrogen) atoms. The smallest absolute Gasteiger partial charge is 0.235 e. The molecule has 1 heterocycles. The first-order valence-electron chi connectivity index (χ1n) is 4.15. The zero-order chi connectivity index (χ0) is 8.97. The number of methoxy groups -OCH3 is 1. The topological polar surface area (TPSA) is 29.5 Å². The molecule has 0 radical (unpaired) electrons. The number of likely N-dealkylation sites (tertiary alicyclic amines) is 1. The Kier molecular flexibility index (Phi) is 3.98. The van der Waals surface area contributed by atoms with E-state index in [1.807, 2.05) is 0 Å². The highest BCUT2D eigenvalue weighted by Gasteiger charge is 2.25. The number of ether oxygens (including phenoxy) is 1. The van der Waals surface area contributed by atoms with Crippen LogP contribution in [-0.2, 0) is 9.53 Å². The molecule has 70 valence electrons. The molecule has 1 unspecified atom stereocenters. The predicted molar refractivity (Wildman–Crippen MR) is 47.3 cm³/mol. The summed E-state index contributed by atoms with van der Waals surface area (Å²) in [6.45, 7) is 2.02. The Balaban J connectivity index is 2.35. The molecular formula is C8H14ClNO2. The summed E-state index contributed by atoms with van der Waals surface area (Å²) in [7, 11) is 1.68. The summed E-state index contributed by atoms with van der Waals surface area (Å²) in [5.41, 5.74) is 0. The van der Waals surface area contributed by atoms with Gasteiger partial charge in [-0.25, -0.2) is 0 Å². The Labute approximate surface area is 77.6 Å². The molecule has 3 nitrogen and oxygen atoms in total. The van der Waals surface area contributed by atoms with Crippen LogP contribution in [0.5, 0.6) is 0 Å². The van der Waals surface area contributed by atoms with Crippen LogP contribution in [0.4, 0.5) is 0 Å². The molecule has 1 aliphatic rings. The summed E-state index contributed by atoms with van der Waals surface area (Å²) in [5, 5.41) is -0.280. The van der Waals surface area contributed by atoms with E-state index in [2.05, 4.69) is 4.90 Å². The third-order valence-electron chi connectivity index (χ3n) is 2.19. The van der Waals surface area contributed by atoms with Gasteiger partial charge in [-0.2, -0.15) is 0 Å². The molecule has 0 spiro atoms. The molecule has 0 aromatic carbocycles. The van der Waals surface area contributed by atoms with E-state index in [1.165, 1.54) is 0 Å². The molecule has 0 amide bonds. The Bertz CT molecular complexity index is 163. The average molecular weight is 192 g/mol. The lowest BCUT2D eigenvalue weighted by atomic mass is 10.2. The summed E-state index contributed by atoms with van der Waals surface area (Å²) in [4.78, 5) is 12.7. The van der Waals surface area contributed by atoms with E-state index in [0.29, 0.717) is 19.2 Å². The molecule has 4 heteroatoms. The normalized spacial score (nSPS) is 24.7. The Morgan fingerprint density at radius 1 is 1.75 bits per heavy atom. The SMILES string of the molecule is COCC1CCCN1CC(=O)Cl. The molecule has 0 aromatic rings. The van der Waals surface area contributed by atoms with E-state index in [4.69, 9.17) is 16.3 Å². The highest BCUT2D eigenvalue weighted by atomic mass is 35.5. The van der Waals surface area contributed by atoms with E-state index >= 15 is 0 Å². The third kappa shape index (κ3) is 2.73. The van der Waals surface area contributed by atoms with Crippen LogP contribution in [-0.4, -0.2) is 43.0 Å². The molecular weight excluding hydrogens is 178 g/mol. The molecule has 0 bridgehead atoms. The van der Waals surface area contributed by atoms with Gasteiger partial charge in [0.25, 0.3) is 0 Å². The summed E-state index contributed by atoms with van der Waals surface area (Å²) in [6, 6.07) is 0.387. The van der Waals surface area contributed by atoms with Crippen molar-refractivity contribution in [1.82, 2.24) is 4.90 Å². The fourth-order valence-corrected chi connectivity index (χ4v) is 1.80. The second kappa shape index (κ2) is 4.80. The van der Waals surface area contributed by atoms with E-state index in [0.717, 1.165) is 19.4 Å². The van der Waals surface area contributed by atoms with E-state index in [1.54, 1.807) is 7.11 Å². The maximum absolute atomic E-state index is 10.6. The minimum Gasteiger partial charge on any atom is -0.383 e. The van der Waals surface area contributed by atoms with Gasteiger partial charge < -0.3 is 4.74 Å². The monoisotopic (exact) mass is 191 g/mol. The number of hydrogen-bond acceptors (Lipinski definition) is 3. The quantitative estimate of drug-likeness (QED) is 0.618. The van der Waals surface area contributed by atoms with Gasteiger partial charge in [-0.15, -0.1) is 0 Å². The van der Waals surface area contributed by atoms with Gasteiger partial charge in [0.1, 0.15) is 0 Å². The Morgan fingerprint density at radius 2 is 2.50 bits per heavy atom. The minimum atomic E-state index is -0.280. The van der Waals surface area contributed by atoms with Gasteiger partial charge in [-0.05, 0) is 31.0 Å². The van der Waals surface area contributed by atoms with Crippen LogP contribution >= 0.6 is 11.6 Å². The van der Waals surface area contributed by atoms with Crippen molar-refractivity contribution < 1.29 is 9.53 Å². The summed E-state index contributed by atoms with van der Waals surface area (Å²) < 4.78 is 5.04. The second-order valence-electron chi connectivity index (χ2n) is 3.08. The largest absolute Gasteiger partial charge is 0.383 e. The van der Waals surface area contributed by atoms with Crippen molar-refractivity contribution in [2.75, 3.05) is 26.8 Å². The van der Waals surface area contributed by atoms with Crippen LogP contribution in [0, 0.1) is 0 Å². The Hall–Kier alpha value is -0.120. The second-order valence-corrected chi connectivity index (χ2v) is 3.50. The fourth-order valence-electron chi connectivity index (χ4n) is 1.64. The summed E-state index contributed by atoms with van der Waals surface area (Å²) >= 11 is 5.30. The number of nitrogens with zero attached hydrogens (tertiary/aromatic N) is 1. The highest BCUT2D eigenvalue weighted by molar-refractivity contribution is 6.64. The van der Waals surface area contributed by atoms with E-state index in [-0.39, 0.29) is 5.24 Å². The maximum atomic E-state index is 10.6. The zero-order valence-corrected chi connectivity index (χ0v) is 8.01. The molecule has 0 aromatic heterocycles. The minimum absolute atomic E-state index is 0.280. The van der Waals surface area contributed by atoms with Gasteiger partial charge in [-0.1, -0.05) is 0 Å². The first-order valence-corrected chi connectivity index (χ1v) is 4.53. The van der Waals surface area contributed by atoms with Crippen molar-refractivity contribution in [3.8, 4) is 0 Å². The summed E-state index contributed by atoms with van der Waals surface area (Å²) in [6.07, 6.45) is 2.25. The van der Waals surface area contributed by atoms with Crippen molar-refractivity contribution in [1.29, 1.82) is 0 Å². The maximum Gasteiger partial charge on any atom is 0.235 e. The van der Waals surface area contributed by atoms with Crippen LogP contribution in [0.1, 0.15) is 12.8 Å². The number of halogens is 1. The number of carbonyl (C=O) groups is 1. The molecule has 1 fully saturated rings. The summed E-state index contributed by atoms with van der Waals surface area (Å²) in [5.74, 6) is 0. The lowest BCUT2D eigenvalue weighted by molar-refractivity contribution is -0.113. The van der Waals surface area contributed by atoms with Gasteiger partial charge in [-0.3, -0.25) is 9.69 Å². The third-order valence-corrected chi connectivity index (χ3v) is 2.31. The van der Waals surface area contributed by atoms with Crippen LogP contribution in [0.25, 0.3) is 0 Å². The highest BCUT2D eigenvalue weighted by Crippen LogP contribution is 2.16. The van der Waals surface area contributed by atoms with Crippen molar-refractivity contribution in [2.45, 2.75) is 18.9 Å². The first-order chi connectivity index (χ1) is 5.74. The van der Waals surface area contributed by atoms with E-state index in [9.17, 15) is 4.79 Å². The average Bonchev–Trinajstić information content (AvgIpc) is 2.37. The van der Waals surface area contributed by atoms with Crippen LogP contribution in [0.3, 0.4) is 0 Å². The lowest BCUT2D eigenvalue weighted by Gasteiger charge is -2.21. The van der Waals surface area contributed by atoms with Gasteiger partial charge in [0, 0.05) is 13.2 Å². The number of hydrogen-bond donors (Lipinski definition) is 0. The van der Waals surface area contributed by atoms with Gasteiger partial charge >= 0.3 is 0 Å². The molecule has 1 saturated heterocycles. The van der Waals surface area contributed by atoms with Gasteiger partial charge in [0.2, 0.25) is 5.24 Å². The molecule has 0 saturated carbocycles. The molecule has 1 aliphatic heterocycles. The van der Waals surface area contributed by atoms with Crippen LogP contribution < -0.4 is 0 Å². The molecule has 0 aliphatic carbocycles. The number of rotatable bonds is 4. The molecule has 0 N–H and O–H groups in total. The van der Waals surface area contributed by atoms with Crippen molar-refractivity contribution in [2.24, 2.45) is 0 Å². The van der Waals surface area contributed by atoms with Crippen LogP contribution in [0.15, 0.2) is 0 Å². The first kappa shape index (κ1) is 9.96. The zero-order valence-electron chi connectivity index (χ0n) is 7.25.